The summed E-state index contributed by atoms with van der Waals surface area (Å²) in [6.45, 7) is 6.89. The highest BCUT2D eigenvalue weighted by molar-refractivity contribution is 4.62. The summed E-state index contributed by atoms with van der Waals surface area (Å²) in [6, 6.07) is 0. The molecular formula is C28H62Cl2N2. The minimum atomic E-state index is 0. The van der Waals surface area contributed by atoms with E-state index in [1.165, 1.54) is 141 Å². The van der Waals surface area contributed by atoms with E-state index in [1.807, 2.05) is 0 Å². The first kappa shape index (κ1) is 37.1. The molecule has 0 fully saturated rings. The molecule has 0 rings (SSSR count). The zero-order chi connectivity index (χ0) is 22.1. The van der Waals surface area contributed by atoms with Crippen LogP contribution in [0.3, 0.4) is 0 Å². The highest BCUT2D eigenvalue weighted by Crippen LogP contribution is 2.21. The van der Waals surface area contributed by atoms with E-state index in [2.05, 4.69) is 25.3 Å². The lowest BCUT2D eigenvalue weighted by Gasteiger charge is -2.15. The fourth-order valence-corrected chi connectivity index (χ4v) is 4.87. The lowest BCUT2D eigenvalue weighted by Crippen LogP contribution is -3.00. The molecule has 2 unspecified atom stereocenters. The number of rotatable bonds is 25. The minimum Gasteiger partial charge on any atom is -1.00 e. The molecular weight excluding hydrogens is 435 g/mol. The summed E-state index contributed by atoms with van der Waals surface area (Å²) < 4.78 is 0. The minimum absolute atomic E-state index is 0. The lowest BCUT2D eigenvalue weighted by molar-refractivity contribution is -0.380. The van der Waals surface area contributed by atoms with E-state index in [1.54, 1.807) is 0 Å². The topological polar surface area (TPSA) is 55.3 Å². The van der Waals surface area contributed by atoms with E-state index >= 15 is 0 Å². The Labute approximate surface area is 216 Å². The molecule has 6 N–H and O–H groups in total. The van der Waals surface area contributed by atoms with Gasteiger partial charge in [0.15, 0.2) is 0 Å². The summed E-state index contributed by atoms with van der Waals surface area (Å²) in [5.41, 5.74) is 8.47. The van der Waals surface area contributed by atoms with E-state index in [0.29, 0.717) is 0 Å². The lowest BCUT2D eigenvalue weighted by atomic mass is 9.91. The summed E-state index contributed by atoms with van der Waals surface area (Å²) >= 11 is 0. The number of quaternary nitrogens is 2. The van der Waals surface area contributed by atoms with Crippen molar-refractivity contribution in [1.29, 1.82) is 0 Å². The van der Waals surface area contributed by atoms with Crippen LogP contribution in [0.1, 0.15) is 155 Å². The SMILES string of the molecule is CCCCCCCCCCC(C[NH3+])CCCCC(C[NH3+])CCCCCCCCCC.[Cl-].[Cl-]. The van der Waals surface area contributed by atoms with Gasteiger partial charge >= 0.3 is 0 Å². The maximum Gasteiger partial charge on any atom is 0.0768 e. The van der Waals surface area contributed by atoms with Gasteiger partial charge < -0.3 is 36.3 Å². The van der Waals surface area contributed by atoms with Gasteiger partial charge in [-0.2, -0.15) is 0 Å². The number of halogens is 2. The molecule has 0 bridgehead atoms. The average molecular weight is 498 g/mol. The van der Waals surface area contributed by atoms with Gasteiger partial charge in [-0.1, -0.05) is 129 Å². The van der Waals surface area contributed by atoms with E-state index < -0.39 is 0 Å². The number of hydrogen-bond donors (Lipinski definition) is 2. The Kier molecular flexibility index (Phi) is 36.5. The average Bonchev–Trinajstić information content (AvgIpc) is 2.77. The van der Waals surface area contributed by atoms with E-state index in [9.17, 15) is 0 Å². The fourth-order valence-electron chi connectivity index (χ4n) is 4.87. The molecule has 2 atom stereocenters. The molecule has 0 aliphatic rings. The van der Waals surface area contributed by atoms with Crippen molar-refractivity contribution >= 4 is 0 Å². The third-order valence-electron chi connectivity index (χ3n) is 7.22. The summed E-state index contributed by atoms with van der Waals surface area (Å²) in [5.74, 6) is 1.77. The van der Waals surface area contributed by atoms with Crippen LogP contribution >= 0.6 is 0 Å². The third kappa shape index (κ3) is 26.7. The van der Waals surface area contributed by atoms with Gasteiger partial charge in [-0.05, 0) is 25.7 Å². The van der Waals surface area contributed by atoms with Crippen molar-refractivity contribution in [2.45, 2.75) is 155 Å². The molecule has 0 aliphatic heterocycles. The van der Waals surface area contributed by atoms with Gasteiger partial charge in [0.2, 0.25) is 0 Å². The Morgan fingerprint density at radius 2 is 0.594 bits per heavy atom. The molecule has 0 saturated carbocycles. The van der Waals surface area contributed by atoms with Gasteiger partial charge in [0.25, 0.3) is 0 Å². The van der Waals surface area contributed by atoms with E-state index in [4.69, 9.17) is 0 Å². The maximum atomic E-state index is 4.24. The van der Waals surface area contributed by atoms with E-state index in [-0.39, 0.29) is 24.8 Å². The quantitative estimate of drug-likeness (QED) is 0.179. The summed E-state index contributed by atoms with van der Waals surface area (Å²) in [5, 5.41) is 0. The Morgan fingerprint density at radius 3 is 0.844 bits per heavy atom. The van der Waals surface area contributed by atoms with Crippen LogP contribution in [0.2, 0.25) is 0 Å². The zero-order valence-electron chi connectivity index (χ0n) is 22.3. The summed E-state index contributed by atoms with van der Waals surface area (Å²) in [6.07, 6.45) is 31.5. The van der Waals surface area contributed by atoms with Crippen molar-refractivity contribution in [1.82, 2.24) is 0 Å². The van der Waals surface area contributed by atoms with E-state index in [0.717, 1.165) is 24.9 Å². The fraction of sp³-hybridized carbons (Fsp3) is 1.00. The van der Waals surface area contributed by atoms with Gasteiger partial charge in [0, 0.05) is 11.8 Å². The summed E-state index contributed by atoms with van der Waals surface area (Å²) in [7, 11) is 0. The van der Waals surface area contributed by atoms with Crippen LogP contribution in [0, 0.1) is 11.8 Å². The Morgan fingerprint density at radius 1 is 0.375 bits per heavy atom. The monoisotopic (exact) mass is 496 g/mol. The molecule has 0 saturated heterocycles. The smallest absolute Gasteiger partial charge is 0.0768 e. The third-order valence-corrected chi connectivity index (χ3v) is 7.22. The van der Waals surface area contributed by atoms with Crippen molar-refractivity contribution in [3.8, 4) is 0 Å². The van der Waals surface area contributed by atoms with Gasteiger partial charge in [0.1, 0.15) is 0 Å². The number of unbranched alkanes of at least 4 members (excludes halogenated alkanes) is 15. The molecule has 0 aliphatic carbocycles. The molecule has 0 heterocycles. The normalized spacial score (nSPS) is 12.8. The van der Waals surface area contributed by atoms with Gasteiger partial charge in [-0.15, -0.1) is 0 Å². The molecule has 0 amide bonds. The second-order valence-corrected chi connectivity index (χ2v) is 10.1. The maximum absolute atomic E-state index is 4.24. The van der Waals surface area contributed by atoms with Crippen molar-refractivity contribution in [2.24, 2.45) is 11.8 Å². The Balaban J connectivity index is -0.00000420. The molecule has 198 valence electrons. The second kappa shape index (κ2) is 31.5. The number of hydrogen-bond acceptors (Lipinski definition) is 0. The van der Waals surface area contributed by atoms with Crippen molar-refractivity contribution < 1.29 is 36.3 Å². The van der Waals surface area contributed by atoms with Crippen LogP contribution in [0.25, 0.3) is 0 Å². The summed E-state index contributed by atoms with van der Waals surface area (Å²) in [4.78, 5) is 0. The van der Waals surface area contributed by atoms with Crippen molar-refractivity contribution in [2.75, 3.05) is 13.1 Å². The highest BCUT2D eigenvalue weighted by Gasteiger charge is 2.11. The van der Waals surface area contributed by atoms with Gasteiger partial charge in [-0.3, -0.25) is 0 Å². The molecule has 4 heteroatoms. The van der Waals surface area contributed by atoms with Crippen LogP contribution in [0.15, 0.2) is 0 Å². The van der Waals surface area contributed by atoms with Crippen LogP contribution < -0.4 is 36.3 Å². The van der Waals surface area contributed by atoms with Crippen LogP contribution in [0.5, 0.6) is 0 Å². The molecule has 0 radical (unpaired) electrons. The van der Waals surface area contributed by atoms with Crippen molar-refractivity contribution in [3.63, 3.8) is 0 Å². The highest BCUT2D eigenvalue weighted by atomic mass is 35.5. The zero-order valence-corrected chi connectivity index (χ0v) is 23.8. The van der Waals surface area contributed by atoms with Crippen molar-refractivity contribution in [3.05, 3.63) is 0 Å². The predicted molar refractivity (Wildman–Crippen MR) is 135 cm³/mol. The van der Waals surface area contributed by atoms with Gasteiger partial charge in [0.05, 0.1) is 13.1 Å². The Bertz CT molecular complexity index is 286. The molecule has 2 nitrogen and oxygen atoms in total. The standard InChI is InChI=1S/C28H60N2.2ClH/c1-3-5-7-9-11-13-15-17-21-27(25-29)23-19-20-24-28(26-30)22-18-16-14-12-10-8-6-4-2;;/h27-28H,3-26,29-30H2,1-2H3;2*1H. The molecule has 32 heavy (non-hydrogen) atoms. The molecule has 0 spiro atoms. The molecule has 0 aromatic carbocycles. The largest absolute Gasteiger partial charge is 1.00 e. The van der Waals surface area contributed by atoms with Crippen LogP contribution in [0.4, 0.5) is 0 Å². The van der Waals surface area contributed by atoms with Crippen LogP contribution in [-0.2, 0) is 0 Å². The predicted octanol–water partition coefficient (Wildman–Crippen LogP) is 1.33. The van der Waals surface area contributed by atoms with Gasteiger partial charge in [-0.25, -0.2) is 0 Å². The first-order valence-corrected chi connectivity index (χ1v) is 14.4. The first-order valence-electron chi connectivity index (χ1n) is 14.4. The Hall–Kier alpha value is 0.500. The second-order valence-electron chi connectivity index (χ2n) is 10.1. The van der Waals surface area contributed by atoms with Crippen LogP contribution in [-0.4, -0.2) is 13.1 Å². The first-order chi connectivity index (χ1) is 14.8. The molecule has 0 aromatic heterocycles. The molecule has 0 aromatic rings.